The Morgan fingerprint density at radius 1 is 1.06 bits per heavy atom. The van der Waals surface area contributed by atoms with Crippen LogP contribution in [0.15, 0.2) is 0 Å². The molecule has 17 heavy (non-hydrogen) atoms. The van der Waals surface area contributed by atoms with E-state index >= 15 is 0 Å². The summed E-state index contributed by atoms with van der Waals surface area (Å²) in [4.78, 5) is 14.8. The fourth-order valence-electron chi connectivity index (χ4n) is 3.06. The SMILES string of the molecule is O=C(CCC1CCCCC1)N1CCC(Br)CC1. The molecular formula is C14H24BrNO. The van der Waals surface area contributed by atoms with E-state index in [1.807, 2.05) is 0 Å². The lowest BCUT2D eigenvalue weighted by Gasteiger charge is -2.30. The molecule has 98 valence electrons. The van der Waals surface area contributed by atoms with Gasteiger partial charge < -0.3 is 4.90 Å². The van der Waals surface area contributed by atoms with E-state index in [0.717, 1.165) is 44.7 Å². The van der Waals surface area contributed by atoms with Crippen molar-refractivity contribution in [2.45, 2.75) is 62.6 Å². The van der Waals surface area contributed by atoms with Crippen LogP contribution in [-0.4, -0.2) is 28.7 Å². The smallest absolute Gasteiger partial charge is 0.222 e. The van der Waals surface area contributed by atoms with Crippen LogP contribution >= 0.6 is 15.9 Å². The van der Waals surface area contributed by atoms with Crippen molar-refractivity contribution < 1.29 is 4.79 Å². The first-order valence-electron chi connectivity index (χ1n) is 7.17. The molecule has 0 bridgehead atoms. The number of hydrogen-bond donors (Lipinski definition) is 0. The van der Waals surface area contributed by atoms with Gasteiger partial charge in [0.2, 0.25) is 5.91 Å². The Labute approximate surface area is 113 Å². The zero-order valence-electron chi connectivity index (χ0n) is 10.7. The summed E-state index contributed by atoms with van der Waals surface area (Å²) in [5.74, 6) is 1.23. The Kier molecular flexibility index (Phi) is 5.33. The minimum absolute atomic E-state index is 0.398. The average molecular weight is 302 g/mol. The molecule has 0 aromatic heterocycles. The van der Waals surface area contributed by atoms with Gasteiger partial charge in [-0.1, -0.05) is 48.0 Å². The fourth-order valence-corrected chi connectivity index (χ4v) is 3.47. The molecule has 1 aliphatic heterocycles. The van der Waals surface area contributed by atoms with Crippen LogP contribution in [0, 0.1) is 5.92 Å². The topological polar surface area (TPSA) is 20.3 Å². The molecule has 3 heteroatoms. The molecule has 1 saturated carbocycles. The predicted molar refractivity (Wildman–Crippen MR) is 74.3 cm³/mol. The van der Waals surface area contributed by atoms with Gasteiger partial charge in [-0.15, -0.1) is 0 Å². The first-order chi connectivity index (χ1) is 8.25. The summed E-state index contributed by atoms with van der Waals surface area (Å²) in [6.07, 6.45) is 11.0. The molecule has 2 fully saturated rings. The molecule has 0 aromatic rings. The zero-order chi connectivity index (χ0) is 12.1. The number of likely N-dealkylation sites (tertiary alicyclic amines) is 1. The third-order valence-corrected chi connectivity index (χ3v) is 5.18. The molecule has 0 unspecified atom stereocenters. The highest BCUT2D eigenvalue weighted by Crippen LogP contribution is 2.28. The lowest BCUT2D eigenvalue weighted by Crippen LogP contribution is -2.38. The van der Waals surface area contributed by atoms with Gasteiger partial charge >= 0.3 is 0 Å². The number of amides is 1. The molecule has 0 spiro atoms. The summed E-state index contributed by atoms with van der Waals surface area (Å²) in [6, 6.07) is 0. The molecule has 2 nitrogen and oxygen atoms in total. The summed E-state index contributed by atoms with van der Waals surface area (Å²) in [6.45, 7) is 1.92. The second kappa shape index (κ2) is 6.77. The summed E-state index contributed by atoms with van der Waals surface area (Å²) in [5.41, 5.74) is 0. The van der Waals surface area contributed by atoms with E-state index in [1.54, 1.807) is 0 Å². The van der Waals surface area contributed by atoms with Crippen LogP contribution in [0.4, 0.5) is 0 Å². The van der Waals surface area contributed by atoms with Crippen molar-refractivity contribution in [3.63, 3.8) is 0 Å². The van der Waals surface area contributed by atoms with Crippen molar-refractivity contribution in [1.82, 2.24) is 4.90 Å². The van der Waals surface area contributed by atoms with Crippen molar-refractivity contribution in [3.8, 4) is 0 Å². The van der Waals surface area contributed by atoms with Crippen molar-refractivity contribution >= 4 is 21.8 Å². The largest absolute Gasteiger partial charge is 0.343 e. The number of carbonyl (C=O) groups is 1. The molecule has 1 amide bonds. The number of nitrogens with zero attached hydrogens (tertiary/aromatic N) is 1. The van der Waals surface area contributed by atoms with E-state index in [9.17, 15) is 4.79 Å². The second-order valence-corrected chi connectivity index (χ2v) is 6.89. The Morgan fingerprint density at radius 3 is 2.35 bits per heavy atom. The van der Waals surface area contributed by atoms with Crippen LogP contribution in [0.5, 0.6) is 0 Å². The van der Waals surface area contributed by atoms with E-state index in [0.29, 0.717) is 10.7 Å². The fraction of sp³-hybridized carbons (Fsp3) is 0.929. The average Bonchev–Trinajstić information content (AvgIpc) is 2.38. The predicted octanol–water partition coefficient (Wildman–Crippen LogP) is 3.73. The minimum atomic E-state index is 0.398. The van der Waals surface area contributed by atoms with Crippen LogP contribution < -0.4 is 0 Å². The molecule has 0 atom stereocenters. The molecule has 0 radical (unpaired) electrons. The molecule has 0 aromatic carbocycles. The highest BCUT2D eigenvalue weighted by molar-refractivity contribution is 9.09. The molecule has 2 aliphatic rings. The lowest BCUT2D eigenvalue weighted by atomic mass is 9.86. The first kappa shape index (κ1) is 13.4. The Bertz CT molecular complexity index is 243. The molecule has 2 rings (SSSR count). The molecule has 1 saturated heterocycles. The van der Waals surface area contributed by atoms with Crippen LogP contribution in [-0.2, 0) is 4.79 Å². The van der Waals surface area contributed by atoms with Gasteiger partial charge in [0.15, 0.2) is 0 Å². The van der Waals surface area contributed by atoms with Crippen LogP contribution in [0.25, 0.3) is 0 Å². The van der Waals surface area contributed by atoms with Gasteiger partial charge in [-0.05, 0) is 25.2 Å². The number of rotatable bonds is 3. The Hall–Kier alpha value is -0.0500. The highest BCUT2D eigenvalue weighted by Gasteiger charge is 2.22. The number of alkyl halides is 1. The number of carbonyl (C=O) groups excluding carboxylic acids is 1. The summed E-state index contributed by atoms with van der Waals surface area (Å²) < 4.78 is 0. The third kappa shape index (κ3) is 4.27. The molecule has 0 N–H and O–H groups in total. The minimum Gasteiger partial charge on any atom is -0.343 e. The number of hydrogen-bond acceptors (Lipinski definition) is 1. The molecule has 1 heterocycles. The number of piperidine rings is 1. The van der Waals surface area contributed by atoms with Gasteiger partial charge in [0.1, 0.15) is 0 Å². The molecule has 1 aliphatic carbocycles. The third-order valence-electron chi connectivity index (χ3n) is 4.27. The maximum Gasteiger partial charge on any atom is 0.222 e. The van der Waals surface area contributed by atoms with Crippen LogP contribution in [0.2, 0.25) is 0 Å². The van der Waals surface area contributed by atoms with Crippen molar-refractivity contribution in [1.29, 1.82) is 0 Å². The van der Waals surface area contributed by atoms with E-state index in [-0.39, 0.29) is 0 Å². The maximum absolute atomic E-state index is 12.1. The second-order valence-electron chi connectivity index (χ2n) is 5.60. The zero-order valence-corrected chi connectivity index (χ0v) is 12.3. The molecular weight excluding hydrogens is 278 g/mol. The summed E-state index contributed by atoms with van der Waals surface area (Å²) >= 11 is 3.63. The van der Waals surface area contributed by atoms with Gasteiger partial charge in [-0.2, -0.15) is 0 Å². The highest BCUT2D eigenvalue weighted by atomic mass is 79.9. The van der Waals surface area contributed by atoms with Crippen LogP contribution in [0.3, 0.4) is 0 Å². The maximum atomic E-state index is 12.1. The van der Waals surface area contributed by atoms with Gasteiger partial charge in [-0.25, -0.2) is 0 Å². The first-order valence-corrected chi connectivity index (χ1v) is 8.09. The van der Waals surface area contributed by atoms with Crippen molar-refractivity contribution in [3.05, 3.63) is 0 Å². The van der Waals surface area contributed by atoms with Gasteiger partial charge in [0.25, 0.3) is 0 Å². The van der Waals surface area contributed by atoms with E-state index in [4.69, 9.17) is 0 Å². The Balaban J connectivity index is 1.66. The normalized spacial score (nSPS) is 23.9. The van der Waals surface area contributed by atoms with E-state index < -0.39 is 0 Å². The van der Waals surface area contributed by atoms with E-state index in [2.05, 4.69) is 20.8 Å². The summed E-state index contributed by atoms with van der Waals surface area (Å²) in [5, 5.41) is 0. The van der Waals surface area contributed by atoms with Crippen molar-refractivity contribution in [2.75, 3.05) is 13.1 Å². The monoisotopic (exact) mass is 301 g/mol. The van der Waals surface area contributed by atoms with Gasteiger partial charge in [0, 0.05) is 24.3 Å². The van der Waals surface area contributed by atoms with Gasteiger partial charge in [-0.3, -0.25) is 4.79 Å². The van der Waals surface area contributed by atoms with Gasteiger partial charge in [0.05, 0.1) is 0 Å². The standard InChI is InChI=1S/C14H24BrNO/c15-13-8-10-16(11-9-13)14(17)7-6-12-4-2-1-3-5-12/h12-13H,1-11H2. The lowest BCUT2D eigenvalue weighted by molar-refractivity contribution is -0.132. The Morgan fingerprint density at radius 2 is 1.71 bits per heavy atom. The number of halogens is 1. The van der Waals surface area contributed by atoms with E-state index in [1.165, 1.54) is 32.1 Å². The van der Waals surface area contributed by atoms with Crippen LogP contribution in [0.1, 0.15) is 57.8 Å². The van der Waals surface area contributed by atoms with Crippen molar-refractivity contribution in [2.24, 2.45) is 5.92 Å². The summed E-state index contributed by atoms with van der Waals surface area (Å²) in [7, 11) is 0. The quantitative estimate of drug-likeness (QED) is 0.727.